The van der Waals surface area contributed by atoms with Crippen molar-refractivity contribution >= 4 is 23.2 Å². The average Bonchev–Trinajstić information content (AvgIpc) is 2.38. The second kappa shape index (κ2) is 5.17. The number of amides is 2. The van der Waals surface area contributed by atoms with Crippen molar-refractivity contribution in [2.75, 3.05) is 23.7 Å². The fourth-order valence-corrected chi connectivity index (χ4v) is 2.40. The SMILES string of the molecule is NC(=O)c1ccc(N2CCC(C(N)=O)CC2)c(N)c1. The normalized spacial score (nSPS) is 16.3. The summed E-state index contributed by atoms with van der Waals surface area (Å²) in [4.78, 5) is 24.3. The van der Waals surface area contributed by atoms with Crippen LogP contribution in [0.2, 0.25) is 0 Å². The van der Waals surface area contributed by atoms with E-state index in [1.165, 1.54) is 0 Å². The Morgan fingerprint density at radius 2 is 1.79 bits per heavy atom. The molecule has 6 nitrogen and oxygen atoms in total. The first kappa shape index (κ1) is 13.2. The van der Waals surface area contributed by atoms with Gasteiger partial charge in [-0.25, -0.2) is 0 Å². The summed E-state index contributed by atoms with van der Waals surface area (Å²) in [5.41, 5.74) is 18.2. The van der Waals surface area contributed by atoms with E-state index >= 15 is 0 Å². The quantitative estimate of drug-likeness (QED) is 0.668. The van der Waals surface area contributed by atoms with E-state index in [0.29, 0.717) is 11.3 Å². The Kier molecular flexibility index (Phi) is 3.59. The number of nitrogen functional groups attached to an aromatic ring is 1. The second-order valence-electron chi connectivity index (χ2n) is 4.80. The van der Waals surface area contributed by atoms with E-state index in [-0.39, 0.29) is 11.8 Å². The fraction of sp³-hybridized carbons (Fsp3) is 0.385. The highest BCUT2D eigenvalue weighted by molar-refractivity contribution is 5.95. The maximum atomic E-state index is 11.1. The van der Waals surface area contributed by atoms with Crippen molar-refractivity contribution in [2.45, 2.75) is 12.8 Å². The monoisotopic (exact) mass is 262 g/mol. The number of carbonyl (C=O) groups is 2. The van der Waals surface area contributed by atoms with Gasteiger partial charge in [0.1, 0.15) is 0 Å². The van der Waals surface area contributed by atoms with Gasteiger partial charge in [-0.2, -0.15) is 0 Å². The lowest BCUT2D eigenvalue weighted by atomic mass is 9.95. The molecule has 0 atom stereocenters. The molecule has 0 aromatic heterocycles. The van der Waals surface area contributed by atoms with Crippen molar-refractivity contribution in [1.29, 1.82) is 0 Å². The van der Waals surface area contributed by atoms with Gasteiger partial charge in [-0.05, 0) is 31.0 Å². The molecule has 0 spiro atoms. The maximum Gasteiger partial charge on any atom is 0.248 e. The Hall–Kier alpha value is -2.24. The zero-order chi connectivity index (χ0) is 14.0. The smallest absolute Gasteiger partial charge is 0.248 e. The zero-order valence-corrected chi connectivity index (χ0v) is 10.6. The third-order valence-electron chi connectivity index (χ3n) is 3.55. The molecule has 1 aromatic carbocycles. The Morgan fingerprint density at radius 3 is 2.26 bits per heavy atom. The van der Waals surface area contributed by atoms with E-state index in [2.05, 4.69) is 4.90 Å². The van der Waals surface area contributed by atoms with Crippen LogP contribution < -0.4 is 22.1 Å². The summed E-state index contributed by atoms with van der Waals surface area (Å²) in [6.07, 6.45) is 1.46. The summed E-state index contributed by atoms with van der Waals surface area (Å²) in [5, 5.41) is 0. The molecule has 0 bridgehead atoms. The van der Waals surface area contributed by atoms with Crippen LogP contribution in [0.25, 0.3) is 0 Å². The van der Waals surface area contributed by atoms with Crippen LogP contribution in [-0.2, 0) is 4.79 Å². The molecule has 1 heterocycles. The fourth-order valence-electron chi connectivity index (χ4n) is 2.40. The van der Waals surface area contributed by atoms with Crippen LogP contribution in [-0.4, -0.2) is 24.9 Å². The van der Waals surface area contributed by atoms with Crippen LogP contribution in [0, 0.1) is 5.92 Å². The highest BCUT2D eigenvalue weighted by Gasteiger charge is 2.24. The summed E-state index contributed by atoms with van der Waals surface area (Å²) in [5.74, 6) is -0.787. The minimum atomic E-state index is -0.495. The molecule has 1 saturated heterocycles. The minimum Gasteiger partial charge on any atom is -0.397 e. The van der Waals surface area contributed by atoms with Gasteiger partial charge in [0, 0.05) is 24.6 Å². The average molecular weight is 262 g/mol. The Morgan fingerprint density at radius 1 is 1.16 bits per heavy atom. The standard InChI is InChI=1S/C13H18N4O2/c14-10-7-9(13(16)19)1-2-11(10)17-5-3-8(4-6-17)12(15)18/h1-2,7-8H,3-6,14H2,(H2,15,18)(H2,16,19). The molecule has 19 heavy (non-hydrogen) atoms. The summed E-state index contributed by atoms with van der Waals surface area (Å²) < 4.78 is 0. The van der Waals surface area contributed by atoms with Crippen LogP contribution in [0.1, 0.15) is 23.2 Å². The molecule has 2 amide bonds. The number of primary amides is 2. The number of carbonyl (C=O) groups excluding carboxylic acids is 2. The van der Waals surface area contributed by atoms with Crippen molar-refractivity contribution < 1.29 is 9.59 Å². The van der Waals surface area contributed by atoms with E-state index in [1.54, 1.807) is 18.2 Å². The molecular weight excluding hydrogens is 244 g/mol. The highest BCUT2D eigenvalue weighted by Crippen LogP contribution is 2.28. The van der Waals surface area contributed by atoms with Crippen molar-refractivity contribution in [1.82, 2.24) is 0 Å². The number of nitrogens with zero attached hydrogens (tertiary/aromatic N) is 1. The van der Waals surface area contributed by atoms with Crippen molar-refractivity contribution in [2.24, 2.45) is 17.4 Å². The minimum absolute atomic E-state index is 0.0534. The molecule has 1 aliphatic heterocycles. The maximum absolute atomic E-state index is 11.1. The first-order chi connectivity index (χ1) is 8.99. The van der Waals surface area contributed by atoms with Gasteiger partial charge in [-0.15, -0.1) is 0 Å². The Balaban J connectivity index is 2.11. The van der Waals surface area contributed by atoms with Gasteiger partial charge in [0.2, 0.25) is 11.8 Å². The number of nitrogens with two attached hydrogens (primary N) is 3. The van der Waals surface area contributed by atoms with Gasteiger partial charge >= 0.3 is 0 Å². The number of hydrogen-bond donors (Lipinski definition) is 3. The zero-order valence-electron chi connectivity index (χ0n) is 10.6. The van der Waals surface area contributed by atoms with Crippen LogP contribution in [0.3, 0.4) is 0 Å². The lowest BCUT2D eigenvalue weighted by molar-refractivity contribution is -0.122. The number of benzene rings is 1. The molecule has 102 valence electrons. The first-order valence-corrected chi connectivity index (χ1v) is 6.22. The molecule has 6 heteroatoms. The topological polar surface area (TPSA) is 115 Å². The molecule has 1 aromatic rings. The molecule has 0 radical (unpaired) electrons. The number of rotatable bonds is 3. The van der Waals surface area contributed by atoms with Crippen LogP contribution in [0.5, 0.6) is 0 Å². The van der Waals surface area contributed by atoms with E-state index in [4.69, 9.17) is 17.2 Å². The van der Waals surface area contributed by atoms with E-state index < -0.39 is 5.91 Å². The molecule has 1 fully saturated rings. The third-order valence-corrected chi connectivity index (χ3v) is 3.55. The van der Waals surface area contributed by atoms with Crippen LogP contribution in [0.4, 0.5) is 11.4 Å². The van der Waals surface area contributed by atoms with Gasteiger partial charge in [0.05, 0.1) is 11.4 Å². The number of piperidine rings is 1. The Labute approximate surface area is 111 Å². The van der Waals surface area contributed by atoms with E-state index in [1.807, 2.05) is 0 Å². The van der Waals surface area contributed by atoms with Gasteiger partial charge in [0.25, 0.3) is 0 Å². The van der Waals surface area contributed by atoms with Gasteiger partial charge in [-0.3, -0.25) is 9.59 Å². The number of hydrogen-bond acceptors (Lipinski definition) is 4. The van der Waals surface area contributed by atoms with Crippen LogP contribution >= 0.6 is 0 Å². The van der Waals surface area contributed by atoms with Crippen molar-refractivity contribution in [3.8, 4) is 0 Å². The lowest BCUT2D eigenvalue weighted by Gasteiger charge is -2.33. The van der Waals surface area contributed by atoms with Gasteiger partial charge in [-0.1, -0.05) is 0 Å². The Bertz CT molecular complexity index is 507. The molecule has 0 aliphatic carbocycles. The van der Waals surface area contributed by atoms with Crippen molar-refractivity contribution in [3.05, 3.63) is 23.8 Å². The molecule has 6 N–H and O–H groups in total. The summed E-state index contributed by atoms with van der Waals surface area (Å²) in [6, 6.07) is 5.03. The van der Waals surface area contributed by atoms with Gasteiger partial charge in [0.15, 0.2) is 0 Å². The predicted molar refractivity (Wildman–Crippen MR) is 73.5 cm³/mol. The molecule has 0 saturated carbocycles. The van der Waals surface area contributed by atoms with E-state index in [9.17, 15) is 9.59 Å². The molecule has 0 unspecified atom stereocenters. The summed E-state index contributed by atoms with van der Waals surface area (Å²) in [6.45, 7) is 1.46. The third kappa shape index (κ3) is 2.78. The second-order valence-corrected chi connectivity index (χ2v) is 4.80. The summed E-state index contributed by atoms with van der Waals surface area (Å²) in [7, 11) is 0. The van der Waals surface area contributed by atoms with Gasteiger partial charge < -0.3 is 22.1 Å². The predicted octanol–water partition coefficient (Wildman–Crippen LogP) is 0.0694. The largest absolute Gasteiger partial charge is 0.397 e. The first-order valence-electron chi connectivity index (χ1n) is 6.22. The lowest BCUT2D eigenvalue weighted by Crippen LogP contribution is -2.38. The molecule has 1 aliphatic rings. The number of anilines is 2. The van der Waals surface area contributed by atoms with Crippen LogP contribution in [0.15, 0.2) is 18.2 Å². The molecule has 2 rings (SSSR count). The summed E-state index contributed by atoms with van der Waals surface area (Å²) >= 11 is 0. The highest BCUT2D eigenvalue weighted by atomic mass is 16.1. The molecular formula is C13H18N4O2. The van der Waals surface area contributed by atoms with E-state index in [0.717, 1.165) is 31.6 Å². The van der Waals surface area contributed by atoms with Crippen molar-refractivity contribution in [3.63, 3.8) is 0 Å².